The van der Waals surface area contributed by atoms with Crippen LogP contribution in [0.25, 0.3) is 0 Å². The molecule has 1 aromatic rings. The molecule has 1 N–H and O–H groups in total. The van der Waals surface area contributed by atoms with Crippen molar-refractivity contribution in [1.82, 2.24) is 4.31 Å². The van der Waals surface area contributed by atoms with E-state index in [1.165, 1.54) is 10.4 Å². The van der Waals surface area contributed by atoms with Gasteiger partial charge in [0.15, 0.2) is 0 Å². The second kappa shape index (κ2) is 6.96. The van der Waals surface area contributed by atoms with Crippen molar-refractivity contribution in [3.8, 4) is 0 Å². The maximum absolute atomic E-state index is 12.7. The molecule has 0 unspecified atom stereocenters. The van der Waals surface area contributed by atoms with Crippen LogP contribution >= 0.6 is 23.2 Å². The first-order valence-corrected chi connectivity index (χ1v) is 8.56. The normalized spacial score (nSPS) is 12.1. The summed E-state index contributed by atoms with van der Waals surface area (Å²) in [5.41, 5.74) is -0.331. The van der Waals surface area contributed by atoms with Crippen molar-refractivity contribution >= 4 is 39.2 Å². The molecule has 0 aliphatic rings. The summed E-state index contributed by atoms with van der Waals surface area (Å²) in [6, 6.07) is 2.03. The first-order valence-electron chi connectivity index (χ1n) is 6.37. The minimum Gasteiger partial charge on any atom is -0.478 e. The Balaban J connectivity index is 3.54. The Morgan fingerprint density at radius 2 is 1.90 bits per heavy atom. The molecule has 0 saturated heterocycles. The number of aromatic carboxylic acids is 1. The van der Waals surface area contributed by atoms with Gasteiger partial charge in [-0.2, -0.15) is 4.31 Å². The molecule has 0 amide bonds. The molecule has 0 aliphatic heterocycles. The average Bonchev–Trinajstić information content (AvgIpc) is 2.37. The molecule has 0 heterocycles. The van der Waals surface area contributed by atoms with Crippen molar-refractivity contribution in [3.05, 3.63) is 27.7 Å². The summed E-state index contributed by atoms with van der Waals surface area (Å²) in [6.07, 6.45) is 0.626. The smallest absolute Gasteiger partial charge is 0.337 e. The van der Waals surface area contributed by atoms with E-state index in [1.807, 2.05) is 6.92 Å². The predicted molar refractivity (Wildman–Crippen MR) is 82.7 cm³/mol. The highest BCUT2D eigenvalue weighted by molar-refractivity contribution is 7.89. The lowest BCUT2D eigenvalue weighted by Crippen LogP contribution is -2.37. The summed E-state index contributed by atoms with van der Waals surface area (Å²) in [4.78, 5) is 10.8. The van der Waals surface area contributed by atoms with E-state index in [9.17, 15) is 13.2 Å². The van der Waals surface area contributed by atoms with Crippen LogP contribution in [0.4, 0.5) is 0 Å². The SMILES string of the molecule is CCCN(C(C)C)S(=O)(=O)c1cc(Cl)cc(C(=O)O)c1Cl. The van der Waals surface area contributed by atoms with Crippen molar-refractivity contribution in [2.45, 2.75) is 38.1 Å². The summed E-state index contributed by atoms with van der Waals surface area (Å²) < 4.78 is 26.7. The Hall–Kier alpha value is -0.820. The number of nitrogens with zero attached hydrogens (tertiary/aromatic N) is 1. The lowest BCUT2D eigenvalue weighted by atomic mass is 10.2. The van der Waals surface area contributed by atoms with Crippen molar-refractivity contribution in [1.29, 1.82) is 0 Å². The summed E-state index contributed by atoms with van der Waals surface area (Å²) >= 11 is 11.8. The highest BCUT2D eigenvalue weighted by Crippen LogP contribution is 2.32. The van der Waals surface area contributed by atoms with E-state index >= 15 is 0 Å². The summed E-state index contributed by atoms with van der Waals surface area (Å²) in [5.74, 6) is -1.33. The number of halogens is 2. The molecule has 1 rings (SSSR count). The third-order valence-electron chi connectivity index (χ3n) is 2.84. The van der Waals surface area contributed by atoms with Gasteiger partial charge in [0.25, 0.3) is 0 Å². The molecule has 0 fully saturated rings. The van der Waals surface area contributed by atoms with Gasteiger partial charge >= 0.3 is 5.97 Å². The summed E-state index contributed by atoms with van der Waals surface area (Å²) in [7, 11) is -3.92. The van der Waals surface area contributed by atoms with Gasteiger partial charge in [-0.15, -0.1) is 0 Å². The van der Waals surface area contributed by atoms with Crippen LogP contribution in [-0.2, 0) is 10.0 Å². The zero-order valence-electron chi connectivity index (χ0n) is 11.9. The summed E-state index contributed by atoms with van der Waals surface area (Å²) in [5, 5.41) is 8.76. The third-order valence-corrected chi connectivity index (χ3v) is 5.68. The van der Waals surface area contributed by atoms with Crippen LogP contribution in [-0.4, -0.2) is 36.4 Å². The van der Waals surface area contributed by atoms with Gasteiger partial charge in [-0.25, -0.2) is 13.2 Å². The van der Waals surface area contributed by atoms with Crippen molar-refractivity contribution in [2.24, 2.45) is 0 Å². The molecule has 0 spiro atoms. The van der Waals surface area contributed by atoms with Crippen LogP contribution in [0.15, 0.2) is 17.0 Å². The van der Waals surface area contributed by atoms with E-state index in [2.05, 4.69) is 0 Å². The van der Waals surface area contributed by atoms with E-state index < -0.39 is 16.0 Å². The first-order chi connectivity index (χ1) is 9.62. The lowest BCUT2D eigenvalue weighted by Gasteiger charge is -2.26. The monoisotopic (exact) mass is 353 g/mol. The van der Waals surface area contributed by atoms with Crippen LogP contribution in [0.5, 0.6) is 0 Å². The second-order valence-electron chi connectivity index (χ2n) is 4.78. The van der Waals surface area contributed by atoms with E-state index in [0.717, 1.165) is 6.07 Å². The number of rotatable bonds is 6. The van der Waals surface area contributed by atoms with Gasteiger partial charge in [-0.3, -0.25) is 0 Å². The number of benzene rings is 1. The van der Waals surface area contributed by atoms with Crippen molar-refractivity contribution < 1.29 is 18.3 Å². The molecule has 0 radical (unpaired) electrons. The fourth-order valence-electron chi connectivity index (χ4n) is 1.91. The summed E-state index contributed by atoms with van der Waals surface area (Å²) in [6.45, 7) is 5.64. The van der Waals surface area contributed by atoms with Gasteiger partial charge in [0.2, 0.25) is 10.0 Å². The van der Waals surface area contributed by atoms with Crippen LogP contribution < -0.4 is 0 Å². The second-order valence-corrected chi connectivity index (χ2v) is 7.45. The standard InChI is InChI=1S/C13H17Cl2NO4S/c1-4-5-16(8(2)3)21(19,20)11-7-9(14)6-10(12(11)15)13(17)18/h6-8H,4-5H2,1-3H3,(H,17,18). The molecule has 5 nitrogen and oxygen atoms in total. The molecule has 1 aromatic carbocycles. The van der Waals surface area contributed by atoms with Crippen LogP contribution in [0.1, 0.15) is 37.6 Å². The number of carboxylic acids is 1. The number of hydrogen-bond donors (Lipinski definition) is 1. The van der Waals surface area contributed by atoms with E-state index in [0.29, 0.717) is 13.0 Å². The van der Waals surface area contributed by atoms with Gasteiger partial charge < -0.3 is 5.11 Å². The minimum atomic E-state index is -3.92. The third kappa shape index (κ3) is 3.88. The average molecular weight is 354 g/mol. The van der Waals surface area contributed by atoms with Gasteiger partial charge in [0, 0.05) is 17.6 Å². The van der Waals surface area contributed by atoms with Crippen molar-refractivity contribution in [2.75, 3.05) is 6.54 Å². The van der Waals surface area contributed by atoms with Gasteiger partial charge in [-0.1, -0.05) is 30.1 Å². The zero-order chi connectivity index (χ0) is 16.4. The van der Waals surface area contributed by atoms with Crippen LogP contribution in [0, 0.1) is 0 Å². The molecule has 0 bridgehead atoms. The van der Waals surface area contributed by atoms with Gasteiger partial charge in [0.05, 0.1) is 10.6 Å². The zero-order valence-corrected chi connectivity index (χ0v) is 14.3. The number of carboxylic acid groups (broad SMARTS) is 1. The Kier molecular flexibility index (Phi) is 6.04. The Labute approximate surface area is 134 Å². The molecule has 0 saturated carbocycles. The molecule has 0 aromatic heterocycles. The number of hydrogen-bond acceptors (Lipinski definition) is 3. The topological polar surface area (TPSA) is 74.7 Å². The largest absolute Gasteiger partial charge is 0.478 e. The fraction of sp³-hybridized carbons (Fsp3) is 0.462. The highest BCUT2D eigenvalue weighted by Gasteiger charge is 2.30. The maximum Gasteiger partial charge on any atom is 0.337 e. The highest BCUT2D eigenvalue weighted by atomic mass is 35.5. The quantitative estimate of drug-likeness (QED) is 0.848. The molecule has 8 heteroatoms. The minimum absolute atomic E-state index is 0.00980. The van der Waals surface area contributed by atoms with Gasteiger partial charge in [-0.05, 0) is 32.4 Å². The van der Waals surface area contributed by atoms with E-state index in [1.54, 1.807) is 13.8 Å². The molecule has 0 aliphatic carbocycles. The maximum atomic E-state index is 12.7. The Morgan fingerprint density at radius 3 is 2.33 bits per heavy atom. The molecule has 118 valence electrons. The molecule has 0 atom stereocenters. The molecular weight excluding hydrogens is 337 g/mol. The van der Waals surface area contributed by atoms with Crippen molar-refractivity contribution in [3.63, 3.8) is 0 Å². The number of carbonyl (C=O) groups is 1. The van der Waals surface area contributed by atoms with Gasteiger partial charge in [0.1, 0.15) is 4.90 Å². The van der Waals surface area contributed by atoms with E-state index in [-0.39, 0.29) is 26.5 Å². The first kappa shape index (κ1) is 18.2. The predicted octanol–water partition coefficient (Wildman–Crippen LogP) is 3.50. The van der Waals surface area contributed by atoms with Crippen LogP contribution in [0.2, 0.25) is 10.0 Å². The molecular formula is C13H17Cl2NO4S. The Bertz CT molecular complexity index is 644. The van der Waals surface area contributed by atoms with E-state index in [4.69, 9.17) is 28.3 Å². The molecule has 21 heavy (non-hydrogen) atoms. The lowest BCUT2D eigenvalue weighted by molar-refractivity contribution is 0.0697. The van der Waals surface area contributed by atoms with Crippen LogP contribution in [0.3, 0.4) is 0 Å². The number of sulfonamides is 1. The fourth-order valence-corrected chi connectivity index (χ4v) is 4.52. The Morgan fingerprint density at radius 1 is 1.33 bits per heavy atom.